The summed E-state index contributed by atoms with van der Waals surface area (Å²) in [4.78, 5) is 70.7. The van der Waals surface area contributed by atoms with Crippen molar-refractivity contribution in [3.63, 3.8) is 0 Å². The van der Waals surface area contributed by atoms with Crippen molar-refractivity contribution in [3.05, 3.63) is 41.0 Å². The lowest BCUT2D eigenvalue weighted by Crippen LogP contribution is -2.59. The molecule has 266 valence electrons. The van der Waals surface area contributed by atoms with Crippen LogP contribution in [-0.2, 0) is 47.0 Å². The molecule has 1 aromatic carbocycles. The van der Waals surface area contributed by atoms with Crippen LogP contribution in [0.2, 0.25) is 0 Å². The molecule has 3 heterocycles. The molecule has 2 saturated carbocycles. The van der Waals surface area contributed by atoms with Gasteiger partial charge in [-0.3, -0.25) is 24.0 Å². The van der Waals surface area contributed by atoms with E-state index in [-0.39, 0.29) is 31.9 Å². The molecule has 0 unspecified atom stereocenters. The number of allylic oxidation sites excluding steroid dienone is 1. The van der Waals surface area contributed by atoms with Crippen molar-refractivity contribution in [2.75, 3.05) is 13.2 Å². The third-order valence-corrected chi connectivity index (χ3v) is 12.0. The molecule has 3 N–H and O–H groups in total. The monoisotopic (exact) mass is 699 g/mol. The van der Waals surface area contributed by atoms with Crippen molar-refractivity contribution in [3.8, 4) is 0 Å². The van der Waals surface area contributed by atoms with Crippen LogP contribution in [0.5, 0.6) is 0 Å². The van der Waals surface area contributed by atoms with Gasteiger partial charge < -0.3 is 25.0 Å². The fourth-order valence-corrected chi connectivity index (χ4v) is 8.42. The highest BCUT2D eigenvalue weighted by Crippen LogP contribution is 2.47. The highest BCUT2D eigenvalue weighted by atomic mass is 32.2. The molecule has 5 atom stereocenters. The van der Waals surface area contributed by atoms with Crippen LogP contribution >= 0.6 is 0 Å². The molecule has 1 saturated heterocycles. The Hall–Kier alpha value is -4.14. The Morgan fingerprint density at radius 2 is 1.92 bits per heavy atom. The number of ether oxygens (including phenoxy) is 2. The minimum atomic E-state index is -3.86. The van der Waals surface area contributed by atoms with Crippen LogP contribution in [0, 0.1) is 11.8 Å². The largest absolute Gasteiger partial charge is 0.450 e. The van der Waals surface area contributed by atoms with E-state index in [2.05, 4.69) is 15.4 Å². The van der Waals surface area contributed by atoms with E-state index in [1.165, 1.54) is 4.90 Å². The standard InChI is InChI=1S/C34H45N5O9S/c1-4-23-16-34(23,31(42)37-49(45,46)25-12-13-25)36-29(40)27-15-24-18-39(27)30(41)28(20(2)3)35-32(43)47-14-7-5-6-9-21-10-8-11-22-17-38(19-26(21)22)33(44)48-24/h6,8-11,20,23-25,27-28H,4-5,7,12-19H2,1-3H3,(H,35,43)(H,36,40)(H,37,42)/b9-6+/t23-,24+,27-,28-,34+/m0/s1. The second-order valence-electron chi connectivity index (χ2n) is 14.1. The molecule has 5 aliphatic rings. The zero-order valence-electron chi connectivity index (χ0n) is 28.1. The molecule has 14 nitrogen and oxygen atoms in total. The lowest BCUT2D eigenvalue weighted by Gasteiger charge is -2.31. The quantitative estimate of drug-likeness (QED) is 0.386. The number of hydrogen-bond acceptors (Lipinski definition) is 9. The van der Waals surface area contributed by atoms with Crippen LogP contribution < -0.4 is 15.4 Å². The summed E-state index contributed by atoms with van der Waals surface area (Å²) in [6, 6.07) is 3.65. The summed E-state index contributed by atoms with van der Waals surface area (Å²) >= 11 is 0. The van der Waals surface area contributed by atoms with Gasteiger partial charge in [-0.2, -0.15) is 0 Å². The maximum atomic E-state index is 14.1. The van der Waals surface area contributed by atoms with E-state index in [1.807, 2.05) is 37.3 Å². The van der Waals surface area contributed by atoms with Crippen molar-refractivity contribution >= 4 is 46.0 Å². The average Bonchev–Trinajstić information content (AvgIpc) is 3.95. The van der Waals surface area contributed by atoms with Gasteiger partial charge in [0.25, 0.3) is 5.91 Å². The predicted octanol–water partition coefficient (Wildman–Crippen LogP) is 2.56. The molecular formula is C34H45N5O9S. The fraction of sp³-hybridized carbons (Fsp3) is 0.618. The lowest BCUT2D eigenvalue weighted by molar-refractivity contribution is -0.141. The summed E-state index contributed by atoms with van der Waals surface area (Å²) in [6.07, 6.45) is 4.62. The maximum Gasteiger partial charge on any atom is 0.410 e. The number of sulfonamides is 1. The van der Waals surface area contributed by atoms with E-state index in [9.17, 15) is 32.4 Å². The number of fused-ring (bicyclic) bond motifs is 3. The first-order chi connectivity index (χ1) is 23.3. The summed E-state index contributed by atoms with van der Waals surface area (Å²) in [5.41, 5.74) is 1.53. The first-order valence-electron chi connectivity index (χ1n) is 17.2. The number of carbonyl (C=O) groups is 5. The molecule has 0 aromatic heterocycles. The molecule has 3 fully saturated rings. The van der Waals surface area contributed by atoms with Gasteiger partial charge in [0.2, 0.25) is 21.8 Å². The van der Waals surface area contributed by atoms with Gasteiger partial charge in [-0.1, -0.05) is 57.5 Å². The Bertz CT molecular complexity index is 1660. The number of nitrogens with one attached hydrogen (secondary N) is 3. The minimum Gasteiger partial charge on any atom is -0.450 e. The summed E-state index contributed by atoms with van der Waals surface area (Å²) < 4.78 is 38.7. The highest BCUT2D eigenvalue weighted by molar-refractivity contribution is 7.91. The molecule has 5 amide bonds. The van der Waals surface area contributed by atoms with Crippen LogP contribution in [-0.4, -0.2) is 90.3 Å². The number of cyclic esters (lactones) is 1. The van der Waals surface area contributed by atoms with Crippen LogP contribution in [0.15, 0.2) is 24.3 Å². The zero-order chi connectivity index (χ0) is 35.1. The van der Waals surface area contributed by atoms with Crippen LogP contribution in [0.3, 0.4) is 0 Å². The molecule has 0 radical (unpaired) electrons. The van der Waals surface area contributed by atoms with Gasteiger partial charge >= 0.3 is 12.2 Å². The number of nitrogens with zero attached hydrogens (tertiary/aromatic N) is 2. The Balaban J connectivity index is 1.25. The van der Waals surface area contributed by atoms with Crippen LogP contribution in [0.1, 0.15) is 82.4 Å². The van der Waals surface area contributed by atoms with E-state index < -0.39 is 74.8 Å². The van der Waals surface area contributed by atoms with E-state index in [0.29, 0.717) is 45.2 Å². The summed E-state index contributed by atoms with van der Waals surface area (Å²) in [5.74, 6) is -2.72. The van der Waals surface area contributed by atoms with E-state index >= 15 is 0 Å². The van der Waals surface area contributed by atoms with E-state index in [4.69, 9.17) is 9.47 Å². The first-order valence-corrected chi connectivity index (χ1v) is 18.7. The molecule has 15 heteroatoms. The molecular weight excluding hydrogens is 654 g/mol. The van der Waals surface area contributed by atoms with Gasteiger partial charge in [-0.05, 0) is 60.6 Å². The van der Waals surface area contributed by atoms with Crippen LogP contribution in [0.4, 0.5) is 9.59 Å². The van der Waals surface area contributed by atoms with Crippen molar-refractivity contribution in [1.29, 1.82) is 0 Å². The number of carbonyl (C=O) groups excluding carboxylic acids is 5. The maximum absolute atomic E-state index is 14.1. The van der Waals surface area contributed by atoms with Gasteiger partial charge in [-0.15, -0.1) is 0 Å². The third kappa shape index (κ3) is 7.26. The molecule has 6 rings (SSSR count). The number of benzene rings is 1. The smallest absolute Gasteiger partial charge is 0.410 e. The van der Waals surface area contributed by atoms with Gasteiger partial charge in [-0.25, -0.2) is 18.0 Å². The Kier molecular flexibility index (Phi) is 9.66. The Morgan fingerprint density at radius 3 is 2.61 bits per heavy atom. The van der Waals surface area contributed by atoms with Gasteiger partial charge in [0.1, 0.15) is 23.7 Å². The topological polar surface area (TPSA) is 181 Å². The van der Waals surface area contributed by atoms with Gasteiger partial charge in [0.05, 0.1) is 24.9 Å². The van der Waals surface area contributed by atoms with Crippen molar-refractivity contribution in [1.82, 2.24) is 25.2 Å². The predicted molar refractivity (Wildman–Crippen MR) is 177 cm³/mol. The minimum absolute atomic E-state index is 0.0534. The molecule has 49 heavy (non-hydrogen) atoms. The van der Waals surface area contributed by atoms with Crippen molar-refractivity contribution < 1.29 is 41.9 Å². The van der Waals surface area contributed by atoms with E-state index in [1.54, 1.807) is 18.7 Å². The lowest BCUT2D eigenvalue weighted by atomic mass is 10.0. The van der Waals surface area contributed by atoms with Crippen molar-refractivity contribution in [2.45, 2.75) is 108 Å². The molecule has 4 bridgehead atoms. The van der Waals surface area contributed by atoms with Crippen LogP contribution in [0.25, 0.3) is 6.08 Å². The molecule has 0 spiro atoms. The molecule has 3 aliphatic heterocycles. The number of alkyl carbamates (subject to hydrolysis) is 1. The Labute approximate surface area is 286 Å². The summed E-state index contributed by atoms with van der Waals surface area (Å²) in [5, 5.41) is 4.82. The second kappa shape index (κ2) is 13.6. The average molecular weight is 700 g/mol. The fourth-order valence-electron chi connectivity index (χ4n) is 7.06. The Morgan fingerprint density at radius 1 is 1.14 bits per heavy atom. The third-order valence-electron chi connectivity index (χ3n) is 10.2. The first kappa shape index (κ1) is 34.7. The zero-order valence-corrected chi connectivity index (χ0v) is 28.9. The summed E-state index contributed by atoms with van der Waals surface area (Å²) in [6.45, 7) is 6.05. The number of rotatable bonds is 7. The second-order valence-corrected chi connectivity index (χ2v) is 16.0. The molecule has 1 aromatic rings. The highest BCUT2D eigenvalue weighted by Gasteiger charge is 2.62. The number of amides is 5. The SMILES string of the molecule is CC[C@H]1C[C@]1(NC(=O)[C@@H]1C[C@@H]2CN1C(=O)[C@H](C(C)C)NC(=O)OCCC/C=C/c1cccc3c1CN(C3)C(=O)O2)C(=O)NS(=O)(=O)C1CC1. The van der Waals surface area contributed by atoms with Crippen molar-refractivity contribution in [2.24, 2.45) is 11.8 Å². The summed E-state index contributed by atoms with van der Waals surface area (Å²) in [7, 11) is -3.86. The molecule has 2 aliphatic carbocycles. The normalized spacial score (nSPS) is 29.6. The van der Waals surface area contributed by atoms with Gasteiger partial charge in [0, 0.05) is 13.0 Å². The van der Waals surface area contributed by atoms with E-state index in [0.717, 1.165) is 16.7 Å². The number of hydrogen-bond donors (Lipinski definition) is 3. The van der Waals surface area contributed by atoms with Gasteiger partial charge in [0.15, 0.2) is 0 Å².